The van der Waals surface area contributed by atoms with Gasteiger partial charge in [-0.2, -0.15) is 0 Å². The maximum atomic E-state index is 10.7. The van der Waals surface area contributed by atoms with E-state index in [4.69, 9.17) is 18.9 Å². The zero-order valence-electron chi connectivity index (χ0n) is 20.0. The molecule has 0 heterocycles. The Hall–Kier alpha value is -2.58. The lowest BCUT2D eigenvalue weighted by Gasteiger charge is -2.24. The molecule has 182 valence electrons. The van der Waals surface area contributed by atoms with Crippen molar-refractivity contribution in [2.45, 2.75) is 18.8 Å². The van der Waals surface area contributed by atoms with E-state index in [1.807, 2.05) is 78.7 Å². The van der Waals surface area contributed by atoms with Crippen LogP contribution in [-0.2, 0) is 11.3 Å². The minimum absolute atomic E-state index is 0.183. The van der Waals surface area contributed by atoms with Gasteiger partial charge < -0.3 is 24.1 Å². The van der Waals surface area contributed by atoms with Gasteiger partial charge in [0.15, 0.2) is 0 Å². The van der Waals surface area contributed by atoms with Crippen molar-refractivity contribution in [1.29, 1.82) is 0 Å². The fourth-order valence-electron chi connectivity index (χ4n) is 3.79. The lowest BCUT2D eigenvalue weighted by Crippen LogP contribution is -2.32. The van der Waals surface area contributed by atoms with Gasteiger partial charge in [-0.3, -0.25) is 4.90 Å². The molecular formula is C27H32BrNO5. The largest absolute Gasteiger partial charge is 0.497 e. The minimum atomic E-state index is -0.665. The highest BCUT2D eigenvalue weighted by Crippen LogP contribution is 2.29. The van der Waals surface area contributed by atoms with E-state index in [0.717, 1.165) is 38.4 Å². The fourth-order valence-corrected chi connectivity index (χ4v) is 4.20. The van der Waals surface area contributed by atoms with Crippen LogP contribution in [0, 0.1) is 0 Å². The molecule has 1 atom stereocenters. The van der Waals surface area contributed by atoms with Crippen molar-refractivity contribution in [3.63, 3.8) is 0 Å². The highest BCUT2D eigenvalue weighted by molar-refractivity contribution is 9.10. The van der Waals surface area contributed by atoms with E-state index < -0.39 is 6.10 Å². The summed E-state index contributed by atoms with van der Waals surface area (Å²) in [6, 6.07) is 21.5. The number of hydrogen-bond acceptors (Lipinski definition) is 6. The Morgan fingerprint density at radius 3 is 1.88 bits per heavy atom. The highest BCUT2D eigenvalue weighted by atomic mass is 79.9. The van der Waals surface area contributed by atoms with E-state index in [2.05, 4.69) is 15.9 Å². The minimum Gasteiger partial charge on any atom is -0.497 e. The first-order chi connectivity index (χ1) is 16.4. The molecule has 0 aliphatic carbocycles. The van der Waals surface area contributed by atoms with Gasteiger partial charge in [-0.15, -0.1) is 0 Å². The van der Waals surface area contributed by atoms with Crippen LogP contribution >= 0.6 is 15.9 Å². The lowest BCUT2D eigenvalue weighted by molar-refractivity contribution is -0.00633. The number of nitrogens with zero attached hydrogens (tertiary/aromatic N) is 1. The molecule has 0 bridgehead atoms. The van der Waals surface area contributed by atoms with Crippen molar-refractivity contribution in [3.05, 3.63) is 87.9 Å². The molecule has 0 amide bonds. The molecule has 0 fully saturated rings. The molecule has 0 aromatic heterocycles. The van der Waals surface area contributed by atoms with Crippen LogP contribution in [0.25, 0.3) is 0 Å². The molecule has 1 N–H and O–H groups in total. The van der Waals surface area contributed by atoms with Gasteiger partial charge in [-0.25, -0.2) is 0 Å². The Bertz CT molecular complexity index is 979. The van der Waals surface area contributed by atoms with Gasteiger partial charge in [0.25, 0.3) is 0 Å². The van der Waals surface area contributed by atoms with E-state index in [-0.39, 0.29) is 12.7 Å². The number of hydrogen-bond donors (Lipinski definition) is 1. The van der Waals surface area contributed by atoms with Crippen LogP contribution in [0.5, 0.6) is 17.2 Å². The van der Waals surface area contributed by atoms with Gasteiger partial charge in [0, 0.05) is 23.1 Å². The standard InChI is InChI=1S/C27H32BrNO5/c1-29(16-21-15-22(28)9-14-26(21)33-4)17-23(30)18-34-27(19-5-10-24(31-2)11-6-19)20-7-12-25(32-3)13-8-20/h5-15,23,27,30H,16-18H2,1-4H3/t23-/m1/s1. The zero-order valence-corrected chi connectivity index (χ0v) is 21.6. The molecule has 0 aliphatic heterocycles. The first-order valence-electron chi connectivity index (χ1n) is 11.0. The summed E-state index contributed by atoms with van der Waals surface area (Å²) in [4.78, 5) is 2.05. The molecule has 0 spiro atoms. The topological polar surface area (TPSA) is 60.4 Å². The Labute approximate surface area is 210 Å². The van der Waals surface area contributed by atoms with E-state index in [0.29, 0.717) is 13.1 Å². The van der Waals surface area contributed by atoms with E-state index in [9.17, 15) is 5.11 Å². The molecule has 3 aromatic carbocycles. The van der Waals surface area contributed by atoms with E-state index >= 15 is 0 Å². The molecule has 3 aromatic rings. The Balaban J connectivity index is 1.67. The van der Waals surface area contributed by atoms with Crippen LogP contribution in [-0.4, -0.2) is 57.6 Å². The van der Waals surface area contributed by atoms with Crippen molar-refractivity contribution >= 4 is 15.9 Å². The summed E-state index contributed by atoms with van der Waals surface area (Å²) in [6.45, 7) is 1.27. The summed E-state index contributed by atoms with van der Waals surface area (Å²) in [7, 11) is 6.91. The third-order valence-corrected chi connectivity index (χ3v) is 5.99. The first-order valence-corrected chi connectivity index (χ1v) is 11.8. The fraction of sp³-hybridized carbons (Fsp3) is 0.333. The van der Waals surface area contributed by atoms with Gasteiger partial charge in [0.05, 0.1) is 34.0 Å². The number of aliphatic hydroxyl groups excluding tert-OH is 1. The van der Waals surface area contributed by atoms with Gasteiger partial charge in [0.2, 0.25) is 0 Å². The van der Waals surface area contributed by atoms with Crippen LogP contribution in [0.4, 0.5) is 0 Å². The lowest BCUT2D eigenvalue weighted by atomic mass is 10.0. The molecular weight excluding hydrogens is 498 g/mol. The quantitative estimate of drug-likeness (QED) is 0.353. The normalized spacial score (nSPS) is 12.1. The summed E-state index contributed by atoms with van der Waals surface area (Å²) < 4.78 is 23.3. The molecule has 6 nitrogen and oxygen atoms in total. The maximum Gasteiger partial charge on any atom is 0.123 e. The highest BCUT2D eigenvalue weighted by Gasteiger charge is 2.19. The van der Waals surface area contributed by atoms with Gasteiger partial charge in [-0.05, 0) is 60.6 Å². The van der Waals surface area contributed by atoms with E-state index in [1.54, 1.807) is 21.3 Å². The second-order valence-electron chi connectivity index (χ2n) is 8.07. The summed E-state index contributed by atoms with van der Waals surface area (Å²) in [5.74, 6) is 2.38. The Morgan fingerprint density at radius 2 is 1.38 bits per heavy atom. The number of rotatable bonds is 12. The van der Waals surface area contributed by atoms with Crippen molar-refractivity contribution in [3.8, 4) is 17.2 Å². The van der Waals surface area contributed by atoms with Crippen molar-refractivity contribution in [2.75, 3.05) is 41.5 Å². The third-order valence-electron chi connectivity index (χ3n) is 5.50. The predicted octanol–water partition coefficient (Wildman–Crippen LogP) is 5.07. The summed E-state index contributed by atoms with van der Waals surface area (Å²) in [5, 5.41) is 10.7. The van der Waals surface area contributed by atoms with Crippen molar-refractivity contribution in [2.24, 2.45) is 0 Å². The molecule has 34 heavy (non-hydrogen) atoms. The van der Waals surface area contributed by atoms with Crippen molar-refractivity contribution in [1.82, 2.24) is 4.90 Å². The van der Waals surface area contributed by atoms with Crippen molar-refractivity contribution < 1.29 is 24.1 Å². The third kappa shape index (κ3) is 7.21. The molecule has 7 heteroatoms. The monoisotopic (exact) mass is 529 g/mol. The summed E-state index contributed by atoms with van der Waals surface area (Å²) in [5.41, 5.74) is 3.00. The van der Waals surface area contributed by atoms with Crippen LogP contribution in [0.1, 0.15) is 22.8 Å². The average molecular weight is 530 g/mol. The zero-order chi connectivity index (χ0) is 24.5. The number of halogens is 1. The number of likely N-dealkylation sites (N-methyl/N-ethyl adjacent to an activating group) is 1. The molecule has 0 radical (unpaired) electrons. The van der Waals surface area contributed by atoms with Crippen LogP contribution in [0.3, 0.4) is 0 Å². The smallest absolute Gasteiger partial charge is 0.123 e. The Morgan fingerprint density at radius 1 is 0.824 bits per heavy atom. The summed E-state index contributed by atoms with van der Waals surface area (Å²) in [6.07, 6.45) is -0.996. The number of ether oxygens (including phenoxy) is 4. The SMILES string of the molecule is COc1ccc(C(OC[C@H](O)CN(C)Cc2cc(Br)ccc2OC)c2ccc(OC)cc2)cc1. The summed E-state index contributed by atoms with van der Waals surface area (Å²) >= 11 is 3.51. The molecule has 3 rings (SSSR count). The van der Waals surface area contributed by atoms with Gasteiger partial charge >= 0.3 is 0 Å². The van der Waals surface area contributed by atoms with Gasteiger partial charge in [-0.1, -0.05) is 40.2 Å². The average Bonchev–Trinajstić information content (AvgIpc) is 2.85. The van der Waals surface area contributed by atoms with Crippen LogP contribution in [0.15, 0.2) is 71.2 Å². The number of aliphatic hydroxyl groups is 1. The number of benzene rings is 3. The molecule has 0 aliphatic rings. The maximum absolute atomic E-state index is 10.7. The van der Waals surface area contributed by atoms with Gasteiger partial charge in [0.1, 0.15) is 23.4 Å². The predicted molar refractivity (Wildman–Crippen MR) is 137 cm³/mol. The van der Waals surface area contributed by atoms with Crippen LogP contribution < -0.4 is 14.2 Å². The Kier molecular flexibility index (Phi) is 9.77. The molecule has 0 saturated heterocycles. The second kappa shape index (κ2) is 12.8. The van der Waals surface area contributed by atoms with E-state index in [1.165, 1.54) is 0 Å². The molecule has 0 saturated carbocycles. The first kappa shape index (κ1) is 26.0. The molecule has 0 unspecified atom stereocenters. The number of methoxy groups -OCH3 is 3. The second-order valence-corrected chi connectivity index (χ2v) is 8.98. The van der Waals surface area contributed by atoms with Crippen LogP contribution in [0.2, 0.25) is 0 Å².